The van der Waals surface area contributed by atoms with Crippen LogP contribution in [-0.4, -0.2) is 12.5 Å². The van der Waals surface area contributed by atoms with Gasteiger partial charge in [0.25, 0.3) is 0 Å². The van der Waals surface area contributed by atoms with Crippen molar-refractivity contribution in [2.45, 2.75) is 6.61 Å². The minimum absolute atomic E-state index is 0.0731. The van der Waals surface area contributed by atoms with Gasteiger partial charge in [0.15, 0.2) is 0 Å². The van der Waals surface area contributed by atoms with Crippen LogP contribution in [0.5, 0.6) is 5.75 Å². The Labute approximate surface area is 168 Å². The highest BCUT2D eigenvalue weighted by molar-refractivity contribution is 6.35. The van der Waals surface area contributed by atoms with Gasteiger partial charge in [-0.25, -0.2) is 0 Å². The lowest BCUT2D eigenvalue weighted by atomic mass is 10.2. The Bertz CT molecular complexity index is 897. The number of hydrogen-bond donors (Lipinski definition) is 2. The van der Waals surface area contributed by atoms with Gasteiger partial charge in [0.2, 0.25) is 5.91 Å². The van der Waals surface area contributed by atoms with Crippen LogP contribution in [0, 0.1) is 0 Å². The summed E-state index contributed by atoms with van der Waals surface area (Å²) in [5.74, 6) is 0.405. The molecular formula is C21H18Cl2N2O2. The van der Waals surface area contributed by atoms with Crippen LogP contribution < -0.4 is 15.4 Å². The number of ether oxygens (including phenoxy) is 1. The Hall–Kier alpha value is -2.69. The maximum Gasteiger partial charge on any atom is 0.243 e. The molecule has 0 aliphatic rings. The standard InChI is InChI=1S/C21H18Cl2N2O2/c22-16-10-17(23)12-18(11-16)24-13-21(26)25-19-8-4-5-9-20(19)27-14-15-6-2-1-3-7-15/h1-12,24H,13-14H2,(H,25,26). The van der Waals surface area contributed by atoms with E-state index >= 15 is 0 Å². The Kier molecular flexibility index (Phi) is 6.58. The molecule has 0 radical (unpaired) electrons. The van der Waals surface area contributed by atoms with Crippen molar-refractivity contribution >= 4 is 40.5 Å². The van der Waals surface area contributed by atoms with Crippen LogP contribution in [0.2, 0.25) is 10.0 Å². The lowest BCUT2D eigenvalue weighted by molar-refractivity contribution is -0.114. The highest BCUT2D eigenvalue weighted by Crippen LogP contribution is 2.25. The maximum atomic E-state index is 12.3. The quantitative estimate of drug-likeness (QED) is 0.540. The van der Waals surface area contributed by atoms with Crippen LogP contribution in [0.15, 0.2) is 72.8 Å². The van der Waals surface area contributed by atoms with Crippen molar-refractivity contribution in [2.24, 2.45) is 0 Å². The third-order valence-electron chi connectivity index (χ3n) is 3.71. The molecule has 0 aliphatic carbocycles. The van der Waals surface area contributed by atoms with E-state index in [1.165, 1.54) is 0 Å². The van der Waals surface area contributed by atoms with Crippen LogP contribution in [0.4, 0.5) is 11.4 Å². The molecule has 0 atom stereocenters. The van der Waals surface area contributed by atoms with E-state index in [0.717, 1.165) is 5.56 Å². The minimum atomic E-state index is -0.207. The van der Waals surface area contributed by atoms with Gasteiger partial charge in [-0.15, -0.1) is 0 Å². The number of anilines is 2. The highest BCUT2D eigenvalue weighted by atomic mass is 35.5. The zero-order valence-corrected chi connectivity index (χ0v) is 15.9. The Morgan fingerprint density at radius 2 is 1.56 bits per heavy atom. The van der Waals surface area contributed by atoms with Crippen molar-refractivity contribution in [3.05, 3.63) is 88.4 Å². The molecule has 0 aromatic heterocycles. The van der Waals surface area contributed by atoms with Gasteiger partial charge in [0.05, 0.1) is 12.2 Å². The SMILES string of the molecule is O=C(CNc1cc(Cl)cc(Cl)c1)Nc1ccccc1OCc1ccccc1. The predicted octanol–water partition coefficient (Wildman–Crippen LogP) is 5.62. The zero-order valence-electron chi connectivity index (χ0n) is 14.4. The Morgan fingerprint density at radius 1 is 0.889 bits per heavy atom. The maximum absolute atomic E-state index is 12.3. The van der Waals surface area contributed by atoms with Gasteiger partial charge < -0.3 is 15.4 Å². The summed E-state index contributed by atoms with van der Waals surface area (Å²) in [7, 11) is 0. The number of benzene rings is 3. The van der Waals surface area contributed by atoms with Gasteiger partial charge in [0, 0.05) is 15.7 Å². The molecule has 27 heavy (non-hydrogen) atoms. The molecule has 0 aliphatic heterocycles. The first-order chi connectivity index (χ1) is 13.1. The summed E-state index contributed by atoms with van der Waals surface area (Å²) in [6, 6.07) is 22.2. The molecule has 0 saturated carbocycles. The number of para-hydroxylation sites is 2. The van der Waals surface area contributed by atoms with Gasteiger partial charge in [-0.2, -0.15) is 0 Å². The average Bonchev–Trinajstić information content (AvgIpc) is 2.66. The molecule has 0 saturated heterocycles. The van der Waals surface area contributed by atoms with E-state index < -0.39 is 0 Å². The van der Waals surface area contributed by atoms with E-state index in [2.05, 4.69) is 10.6 Å². The highest BCUT2D eigenvalue weighted by Gasteiger charge is 2.08. The molecule has 3 aromatic carbocycles. The van der Waals surface area contributed by atoms with Crippen LogP contribution in [-0.2, 0) is 11.4 Å². The molecule has 6 heteroatoms. The molecule has 1 amide bonds. The van der Waals surface area contributed by atoms with Crippen LogP contribution in [0.25, 0.3) is 0 Å². The average molecular weight is 401 g/mol. The molecule has 0 bridgehead atoms. The van der Waals surface area contributed by atoms with Crippen LogP contribution in [0.1, 0.15) is 5.56 Å². The first-order valence-electron chi connectivity index (χ1n) is 8.36. The molecule has 0 fully saturated rings. The van der Waals surface area contributed by atoms with Crippen LogP contribution in [0.3, 0.4) is 0 Å². The van der Waals surface area contributed by atoms with E-state index in [-0.39, 0.29) is 12.5 Å². The number of rotatable bonds is 7. The second kappa shape index (κ2) is 9.31. The summed E-state index contributed by atoms with van der Waals surface area (Å²) in [5.41, 5.74) is 2.35. The van der Waals surface area contributed by atoms with Crippen molar-refractivity contribution in [3.63, 3.8) is 0 Å². The van der Waals surface area contributed by atoms with Crippen molar-refractivity contribution in [3.8, 4) is 5.75 Å². The minimum Gasteiger partial charge on any atom is -0.487 e. The molecule has 0 unspecified atom stereocenters. The fourth-order valence-corrected chi connectivity index (χ4v) is 2.99. The fourth-order valence-electron chi connectivity index (χ4n) is 2.46. The number of nitrogens with one attached hydrogen (secondary N) is 2. The van der Waals surface area contributed by atoms with E-state index in [4.69, 9.17) is 27.9 Å². The van der Waals surface area contributed by atoms with Crippen molar-refractivity contribution in [1.82, 2.24) is 0 Å². The molecule has 138 valence electrons. The van der Waals surface area contributed by atoms with Gasteiger partial charge in [0.1, 0.15) is 12.4 Å². The summed E-state index contributed by atoms with van der Waals surface area (Å²) < 4.78 is 5.85. The van der Waals surface area contributed by atoms with Gasteiger partial charge in [-0.3, -0.25) is 4.79 Å². The second-order valence-electron chi connectivity index (χ2n) is 5.83. The molecule has 4 nitrogen and oxygen atoms in total. The van der Waals surface area contributed by atoms with E-state index in [1.807, 2.05) is 48.5 Å². The molecule has 3 rings (SSSR count). The lowest BCUT2D eigenvalue weighted by Crippen LogP contribution is -2.22. The zero-order chi connectivity index (χ0) is 19.1. The van der Waals surface area contributed by atoms with E-state index in [0.29, 0.717) is 33.8 Å². The summed E-state index contributed by atoms with van der Waals surface area (Å²) >= 11 is 11.9. The van der Waals surface area contributed by atoms with Crippen molar-refractivity contribution in [1.29, 1.82) is 0 Å². The summed E-state index contributed by atoms with van der Waals surface area (Å²) in [6.07, 6.45) is 0. The molecule has 2 N–H and O–H groups in total. The summed E-state index contributed by atoms with van der Waals surface area (Å²) in [5, 5.41) is 6.87. The molecule has 3 aromatic rings. The first-order valence-corrected chi connectivity index (χ1v) is 9.11. The third-order valence-corrected chi connectivity index (χ3v) is 4.15. The van der Waals surface area contributed by atoms with Gasteiger partial charge in [-0.05, 0) is 35.9 Å². The summed E-state index contributed by atoms with van der Waals surface area (Å²) in [6.45, 7) is 0.497. The smallest absolute Gasteiger partial charge is 0.243 e. The Balaban J connectivity index is 1.59. The third kappa shape index (κ3) is 5.91. The summed E-state index contributed by atoms with van der Waals surface area (Å²) in [4.78, 5) is 12.3. The van der Waals surface area contributed by atoms with Crippen molar-refractivity contribution < 1.29 is 9.53 Å². The number of carbonyl (C=O) groups excluding carboxylic acids is 1. The molecule has 0 heterocycles. The molecular weight excluding hydrogens is 383 g/mol. The number of amides is 1. The van der Waals surface area contributed by atoms with Crippen LogP contribution >= 0.6 is 23.2 Å². The van der Waals surface area contributed by atoms with E-state index in [1.54, 1.807) is 24.3 Å². The van der Waals surface area contributed by atoms with Crippen molar-refractivity contribution in [2.75, 3.05) is 17.2 Å². The first kappa shape index (κ1) is 19.1. The lowest BCUT2D eigenvalue weighted by Gasteiger charge is -2.13. The predicted molar refractivity (Wildman–Crippen MR) is 111 cm³/mol. The van der Waals surface area contributed by atoms with E-state index in [9.17, 15) is 4.79 Å². The second-order valence-corrected chi connectivity index (χ2v) is 6.70. The largest absolute Gasteiger partial charge is 0.487 e. The Morgan fingerprint density at radius 3 is 2.30 bits per heavy atom. The van der Waals surface area contributed by atoms with Gasteiger partial charge >= 0.3 is 0 Å². The normalized spacial score (nSPS) is 10.3. The number of carbonyl (C=O) groups is 1. The topological polar surface area (TPSA) is 50.4 Å². The molecule has 0 spiro atoms. The van der Waals surface area contributed by atoms with Gasteiger partial charge in [-0.1, -0.05) is 65.7 Å². The number of halogens is 2. The fraction of sp³-hybridized carbons (Fsp3) is 0.0952. The monoisotopic (exact) mass is 400 g/mol. The number of hydrogen-bond acceptors (Lipinski definition) is 3.